The van der Waals surface area contributed by atoms with Gasteiger partial charge in [-0.15, -0.1) is 0 Å². The fourth-order valence-electron chi connectivity index (χ4n) is 4.01. The summed E-state index contributed by atoms with van der Waals surface area (Å²) in [7, 11) is 0. The number of pyridine rings is 1. The Morgan fingerprint density at radius 1 is 1.23 bits per heavy atom. The molecule has 0 spiro atoms. The average Bonchev–Trinajstić information content (AvgIpc) is 2.72. The predicted molar refractivity (Wildman–Crippen MR) is 105 cm³/mol. The summed E-state index contributed by atoms with van der Waals surface area (Å²) in [5, 5.41) is 3.40. The molecule has 3 rings (SSSR count). The lowest BCUT2D eigenvalue weighted by Gasteiger charge is -2.37. The van der Waals surface area contributed by atoms with E-state index in [1.54, 1.807) is 0 Å². The quantitative estimate of drug-likeness (QED) is 0.801. The van der Waals surface area contributed by atoms with Crippen LogP contribution in [0.15, 0.2) is 24.4 Å². The summed E-state index contributed by atoms with van der Waals surface area (Å²) in [6.45, 7) is 9.99. The molecule has 2 aliphatic heterocycles. The Hall–Kier alpha value is -1.66. The lowest BCUT2D eigenvalue weighted by molar-refractivity contribution is -0.134. The number of hydrogen-bond donors (Lipinski definition) is 1. The molecule has 1 aromatic rings. The molecule has 144 valence electrons. The molecule has 1 N–H and O–H groups in total. The summed E-state index contributed by atoms with van der Waals surface area (Å²) in [5.74, 6) is 1.40. The van der Waals surface area contributed by atoms with E-state index in [2.05, 4.69) is 38.0 Å². The highest BCUT2D eigenvalue weighted by atomic mass is 16.2. The zero-order valence-electron chi connectivity index (χ0n) is 16.1. The third kappa shape index (κ3) is 5.17. The zero-order valence-corrected chi connectivity index (χ0v) is 16.1. The van der Waals surface area contributed by atoms with Crippen molar-refractivity contribution in [1.82, 2.24) is 20.1 Å². The van der Waals surface area contributed by atoms with Crippen LogP contribution >= 0.6 is 0 Å². The van der Waals surface area contributed by atoms with Gasteiger partial charge in [0.25, 0.3) is 0 Å². The van der Waals surface area contributed by atoms with E-state index in [9.17, 15) is 4.79 Å². The maximum atomic E-state index is 12.8. The minimum absolute atomic E-state index is 0.339. The van der Waals surface area contributed by atoms with Crippen molar-refractivity contribution in [3.05, 3.63) is 24.4 Å². The number of hydrogen-bond acceptors (Lipinski definition) is 5. The first-order valence-corrected chi connectivity index (χ1v) is 10.2. The van der Waals surface area contributed by atoms with Crippen molar-refractivity contribution >= 4 is 11.7 Å². The Labute approximate surface area is 157 Å². The maximum absolute atomic E-state index is 12.8. The van der Waals surface area contributed by atoms with Crippen LogP contribution in [0.25, 0.3) is 0 Å². The van der Waals surface area contributed by atoms with Gasteiger partial charge in [-0.25, -0.2) is 4.98 Å². The minimum Gasteiger partial charge on any atom is -0.354 e. The minimum atomic E-state index is 0.339. The van der Waals surface area contributed by atoms with Crippen LogP contribution in [0.2, 0.25) is 0 Å². The molecular formula is C20H33N5O. The summed E-state index contributed by atoms with van der Waals surface area (Å²) in [6.07, 6.45) is 5.72. The molecule has 6 heteroatoms. The summed E-state index contributed by atoms with van der Waals surface area (Å²) in [6, 6.07) is 6.50. The molecule has 1 amide bonds. The molecule has 3 heterocycles. The lowest BCUT2D eigenvalue weighted by Crippen LogP contribution is -2.49. The van der Waals surface area contributed by atoms with Crippen molar-refractivity contribution in [3.63, 3.8) is 0 Å². The predicted octanol–water partition coefficient (Wildman–Crippen LogP) is 1.58. The fourth-order valence-corrected chi connectivity index (χ4v) is 4.01. The molecular weight excluding hydrogens is 326 g/mol. The van der Waals surface area contributed by atoms with E-state index in [4.69, 9.17) is 0 Å². The Morgan fingerprint density at radius 2 is 2.00 bits per heavy atom. The van der Waals surface area contributed by atoms with Gasteiger partial charge in [-0.2, -0.15) is 0 Å². The smallest absolute Gasteiger partial charge is 0.224 e. The van der Waals surface area contributed by atoms with E-state index in [1.165, 1.54) is 0 Å². The summed E-state index contributed by atoms with van der Waals surface area (Å²) < 4.78 is 0. The molecule has 0 bridgehead atoms. The van der Waals surface area contributed by atoms with Crippen molar-refractivity contribution in [3.8, 4) is 0 Å². The number of nitrogens with zero attached hydrogens (tertiary/aromatic N) is 4. The van der Waals surface area contributed by atoms with Crippen molar-refractivity contribution in [1.29, 1.82) is 0 Å². The normalized spacial score (nSPS) is 19.5. The molecule has 2 saturated heterocycles. The van der Waals surface area contributed by atoms with Gasteiger partial charge in [-0.1, -0.05) is 13.0 Å². The molecule has 2 fully saturated rings. The Kier molecular flexibility index (Phi) is 7.26. The number of nitrogens with one attached hydrogen (secondary N) is 1. The second kappa shape index (κ2) is 9.88. The molecule has 0 aliphatic carbocycles. The number of carbonyl (C=O) groups excluding carboxylic acids is 1. The van der Waals surface area contributed by atoms with Crippen LogP contribution in [-0.2, 0) is 4.79 Å². The van der Waals surface area contributed by atoms with Gasteiger partial charge in [-0.3, -0.25) is 9.69 Å². The second-order valence-corrected chi connectivity index (χ2v) is 7.33. The van der Waals surface area contributed by atoms with Crippen molar-refractivity contribution in [2.45, 2.75) is 38.6 Å². The maximum Gasteiger partial charge on any atom is 0.224 e. The van der Waals surface area contributed by atoms with Gasteiger partial charge in [-0.05, 0) is 44.5 Å². The molecule has 0 saturated carbocycles. The van der Waals surface area contributed by atoms with Gasteiger partial charge < -0.3 is 15.1 Å². The lowest BCUT2D eigenvalue weighted by atomic mass is 10.0. The Balaban J connectivity index is 1.44. The zero-order chi connectivity index (χ0) is 18.2. The van der Waals surface area contributed by atoms with Crippen LogP contribution in [0.5, 0.6) is 0 Å². The van der Waals surface area contributed by atoms with Gasteiger partial charge in [0.1, 0.15) is 5.82 Å². The van der Waals surface area contributed by atoms with Crippen LogP contribution in [-0.4, -0.2) is 79.1 Å². The molecule has 2 aliphatic rings. The third-order valence-electron chi connectivity index (χ3n) is 5.52. The number of piperidine rings is 1. The van der Waals surface area contributed by atoms with Crippen LogP contribution in [0.3, 0.4) is 0 Å². The summed E-state index contributed by atoms with van der Waals surface area (Å²) in [5.41, 5.74) is 0. The standard InChI is InChI=1S/C20H33N5O/c1-2-12-25(18-6-10-21-11-7-18)20(26)8-13-23-14-16-24(17-15-23)19-5-3-4-9-22-19/h3-5,9,18,21H,2,6-8,10-17H2,1H3. The Morgan fingerprint density at radius 3 is 2.65 bits per heavy atom. The van der Waals surface area contributed by atoms with Crippen LogP contribution in [0, 0.1) is 0 Å². The average molecular weight is 360 g/mol. The van der Waals surface area contributed by atoms with E-state index in [0.29, 0.717) is 18.4 Å². The Bertz CT molecular complexity index is 538. The number of rotatable bonds is 7. The largest absolute Gasteiger partial charge is 0.354 e. The van der Waals surface area contributed by atoms with Gasteiger partial charge in [0.2, 0.25) is 5.91 Å². The number of amides is 1. The van der Waals surface area contributed by atoms with Gasteiger partial charge in [0.05, 0.1) is 0 Å². The number of anilines is 1. The number of piperazine rings is 1. The van der Waals surface area contributed by atoms with Crippen LogP contribution in [0.4, 0.5) is 5.82 Å². The second-order valence-electron chi connectivity index (χ2n) is 7.33. The highest BCUT2D eigenvalue weighted by molar-refractivity contribution is 5.76. The van der Waals surface area contributed by atoms with E-state index in [1.807, 2.05) is 18.3 Å². The fraction of sp³-hybridized carbons (Fsp3) is 0.700. The van der Waals surface area contributed by atoms with E-state index in [0.717, 1.165) is 77.4 Å². The summed E-state index contributed by atoms with van der Waals surface area (Å²) in [4.78, 5) is 24.2. The van der Waals surface area contributed by atoms with Crippen molar-refractivity contribution in [2.75, 3.05) is 57.3 Å². The van der Waals surface area contributed by atoms with E-state index >= 15 is 0 Å². The third-order valence-corrected chi connectivity index (χ3v) is 5.52. The molecule has 26 heavy (non-hydrogen) atoms. The topological polar surface area (TPSA) is 51.7 Å². The van der Waals surface area contributed by atoms with Gasteiger partial charge in [0.15, 0.2) is 0 Å². The molecule has 6 nitrogen and oxygen atoms in total. The highest BCUT2D eigenvalue weighted by Gasteiger charge is 2.25. The van der Waals surface area contributed by atoms with Crippen molar-refractivity contribution < 1.29 is 4.79 Å². The van der Waals surface area contributed by atoms with Gasteiger partial charge in [0, 0.05) is 57.9 Å². The van der Waals surface area contributed by atoms with E-state index in [-0.39, 0.29) is 0 Å². The number of carbonyl (C=O) groups is 1. The van der Waals surface area contributed by atoms with Crippen LogP contribution in [0.1, 0.15) is 32.6 Å². The van der Waals surface area contributed by atoms with E-state index < -0.39 is 0 Å². The molecule has 0 atom stereocenters. The number of aromatic nitrogens is 1. The highest BCUT2D eigenvalue weighted by Crippen LogP contribution is 2.16. The molecule has 0 aromatic carbocycles. The molecule has 0 radical (unpaired) electrons. The first kappa shape index (κ1) is 19.1. The first-order chi connectivity index (χ1) is 12.8. The summed E-state index contributed by atoms with van der Waals surface area (Å²) >= 11 is 0. The SMILES string of the molecule is CCCN(C(=O)CCN1CCN(c2ccccn2)CC1)C1CCNCC1. The van der Waals surface area contributed by atoms with Crippen LogP contribution < -0.4 is 10.2 Å². The van der Waals surface area contributed by atoms with Crippen molar-refractivity contribution in [2.24, 2.45) is 0 Å². The van der Waals surface area contributed by atoms with Gasteiger partial charge >= 0.3 is 0 Å². The molecule has 1 aromatic heterocycles. The first-order valence-electron chi connectivity index (χ1n) is 10.2. The monoisotopic (exact) mass is 359 g/mol. The molecule has 0 unspecified atom stereocenters.